The van der Waals surface area contributed by atoms with E-state index in [9.17, 15) is 9.59 Å². The van der Waals surface area contributed by atoms with E-state index in [0.29, 0.717) is 34.5 Å². The number of hydrogen-bond donors (Lipinski definition) is 2. The second-order valence-electron chi connectivity index (χ2n) is 10.3. The standard InChI is InChI=1S/C30H28ClN7O2/c1-19-25(14-22(31)17-33-19)29(39)36-23-8-6-20(7-9-23)18-37-27-4-2-3-5-28(27)38(30(37)40)24-10-11-26(32-13-12-24)21-15-34-35-16-21/h2-5,10-11,14-17,20,23-24H,6-9,18H2,1H3,(H,34,35)(H,36,39). The van der Waals surface area contributed by atoms with Crippen LogP contribution in [0.2, 0.25) is 5.02 Å². The summed E-state index contributed by atoms with van der Waals surface area (Å²) in [5.74, 6) is 3.31. The molecular formula is C30H28ClN7O2. The first kappa shape index (κ1) is 25.8. The molecule has 202 valence electrons. The van der Waals surface area contributed by atoms with Crippen LogP contribution in [0.5, 0.6) is 0 Å². The van der Waals surface area contributed by atoms with Crippen molar-refractivity contribution in [3.8, 4) is 12.0 Å². The molecule has 0 bridgehead atoms. The molecule has 1 aliphatic heterocycles. The van der Waals surface area contributed by atoms with Gasteiger partial charge >= 0.3 is 5.69 Å². The number of rotatable bonds is 6. The van der Waals surface area contributed by atoms with Crippen LogP contribution in [0, 0.1) is 24.8 Å². The molecule has 1 amide bonds. The van der Waals surface area contributed by atoms with Crippen LogP contribution in [0.4, 0.5) is 0 Å². The van der Waals surface area contributed by atoms with E-state index in [0.717, 1.165) is 42.3 Å². The number of aromatic nitrogens is 5. The maximum Gasteiger partial charge on any atom is 0.330 e. The first-order chi connectivity index (χ1) is 19.5. The molecule has 0 radical (unpaired) electrons. The molecule has 1 saturated carbocycles. The van der Waals surface area contributed by atoms with E-state index in [-0.39, 0.29) is 17.6 Å². The van der Waals surface area contributed by atoms with E-state index < -0.39 is 6.04 Å². The number of nitrogens with zero attached hydrogens (tertiary/aromatic N) is 5. The van der Waals surface area contributed by atoms with Crippen LogP contribution < -0.4 is 11.0 Å². The molecule has 1 atom stereocenters. The number of halogens is 1. The highest BCUT2D eigenvalue weighted by Crippen LogP contribution is 2.28. The zero-order chi connectivity index (χ0) is 27.6. The van der Waals surface area contributed by atoms with Gasteiger partial charge < -0.3 is 5.32 Å². The van der Waals surface area contributed by atoms with Gasteiger partial charge in [0.05, 0.1) is 39.2 Å². The largest absolute Gasteiger partial charge is 0.349 e. The monoisotopic (exact) mass is 553 g/mol. The quantitative estimate of drug-likeness (QED) is 0.344. The van der Waals surface area contributed by atoms with Crippen molar-refractivity contribution in [2.45, 2.75) is 51.2 Å². The van der Waals surface area contributed by atoms with Gasteiger partial charge in [0.15, 0.2) is 0 Å². The van der Waals surface area contributed by atoms with Crippen LogP contribution in [0.3, 0.4) is 0 Å². The number of nitrogens with one attached hydrogen (secondary N) is 2. The Bertz CT molecular complexity index is 1750. The van der Waals surface area contributed by atoms with Crippen molar-refractivity contribution in [1.29, 1.82) is 0 Å². The molecule has 40 heavy (non-hydrogen) atoms. The smallest absolute Gasteiger partial charge is 0.330 e. The molecular weight excluding hydrogens is 526 g/mol. The minimum absolute atomic E-state index is 0.0796. The van der Waals surface area contributed by atoms with Crippen LogP contribution in [-0.4, -0.2) is 42.0 Å². The topological polar surface area (TPSA) is 110 Å². The van der Waals surface area contributed by atoms with Crippen molar-refractivity contribution in [1.82, 2.24) is 29.6 Å². The van der Waals surface area contributed by atoms with Gasteiger partial charge in [0.25, 0.3) is 5.91 Å². The average Bonchev–Trinajstić information content (AvgIpc) is 3.51. The number of carbonyl (C=O) groups is 1. The van der Waals surface area contributed by atoms with Crippen LogP contribution in [0.1, 0.15) is 53.3 Å². The van der Waals surface area contributed by atoms with Crippen LogP contribution in [0.25, 0.3) is 11.0 Å². The van der Waals surface area contributed by atoms with E-state index in [1.807, 2.05) is 41.0 Å². The average molecular weight is 554 g/mol. The number of para-hydroxylation sites is 2. The molecule has 4 aromatic rings. The minimum Gasteiger partial charge on any atom is -0.349 e. The number of H-pyrrole nitrogens is 1. The predicted molar refractivity (Wildman–Crippen MR) is 154 cm³/mol. The first-order valence-corrected chi connectivity index (χ1v) is 13.7. The zero-order valence-corrected chi connectivity index (χ0v) is 22.7. The summed E-state index contributed by atoms with van der Waals surface area (Å²) in [6, 6.07) is 12.0. The summed E-state index contributed by atoms with van der Waals surface area (Å²) in [5.41, 5.74) is 4.35. The minimum atomic E-state index is -0.442. The van der Waals surface area contributed by atoms with Gasteiger partial charge in [-0.25, -0.2) is 4.79 Å². The molecule has 2 aliphatic rings. The zero-order valence-electron chi connectivity index (χ0n) is 22.0. The summed E-state index contributed by atoms with van der Waals surface area (Å²) in [6.07, 6.45) is 12.3. The second kappa shape index (κ2) is 11.0. The molecule has 1 unspecified atom stereocenters. The Morgan fingerprint density at radius 3 is 2.75 bits per heavy atom. The fourth-order valence-corrected chi connectivity index (χ4v) is 5.71. The Kier molecular flexibility index (Phi) is 7.10. The summed E-state index contributed by atoms with van der Waals surface area (Å²) < 4.78 is 3.62. The molecule has 2 N–H and O–H groups in total. The van der Waals surface area contributed by atoms with E-state index in [4.69, 9.17) is 11.6 Å². The fraction of sp³-hybridized carbons (Fsp3) is 0.300. The Labute approximate surface area is 236 Å². The third-order valence-corrected chi connectivity index (χ3v) is 7.89. The first-order valence-electron chi connectivity index (χ1n) is 13.4. The molecule has 6 rings (SSSR count). The number of benzene rings is 1. The highest BCUT2D eigenvalue weighted by molar-refractivity contribution is 6.30. The van der Waals surface area contributed by atoms with Crippen LogP contribution in [-0.2, 0) is 6.54 Å². The summed E-state index contributed by atoms with van der Waals surface area (Å²) in [6.45, 7) is 2.42. The van der Waals surface area contributed by atoms with Crippen LogP contribution in [0.15, 0.2) is 70.9 Å². The lowest BCUT2D eigenvalue weighted by Gasteiger charge is -2.29. The second-order valence-corrected chi connectivity index (χ2v) is 10.7. The van der Waals surface area contributed by atoms with E-state index in [2.05, 4.69) is 37.5 Å². The van der Waals surface area contributed by atoms with Crippen molar-refractivity contribution >= 4 is 34.3 Å². The third kappa shape index (κ3) is 5.10. The van der Waals surface area contributed by atoms with Gasteiger partial charge in [-0.15, -0.1) is 0 Å². The Morgan fingerprint density at radius 1 is 1.18 bits per heavy atom. The van der Waals surface area contributed by atoms with Crippen molar-refractivity contribution < 1.29 is 4.79 Å². The number of amides is 1. The molecule has 1 aromatic carbocycles. The lowest BCUT2D eigenvalue weighted by molar-refractivity contribution is 0.0919. The number of aryl methyl sites for hydroxylation is 1. The van der Waals surface area contributed by atoms with E-state index in [1.54, 1.807) is 36.1 Å². The van der Waals surface area contributed by atoms with Gasteiger partial charge in [-0.1, -0.05) is 23.7 Å². The van der Waals surface area contributed by atoms with Gasteiger partial charge in [-0.2, -0.15) is 10.1 Å². The van der Waals surface area contributed by atoms with Gasteiger partial charge in [-0.05, 0) is 74.8 Å². The number of aromatic amines is 1. The van der Waals surface area contributed by atoms with Crippen LogP contribution >= 0.6 is 11.6 Å². The highest BCUT2D eigenvalue weighted by atomic mass is 35.5. The normalized spacial score (nSPS) is 20.4. The molecule has 1 aliphatic carbocycles. The molecule has 3 aromatic heterocycles. The molecule has 0 spiro atoms. The number of pyridine rings is 1. The number of carbonyl (C=O) groups excluding carboxylic acids is 1. The molecule has 10 heteroatoms. The lowest BCUT2D eigenvalue weighted by Crippen LogP contribution is -2.39. The highest BCUT2D eigenvalue weighted by Gasteiger charge is 2.26. The number of imidazole rings is 1. The van der Waals surface area contributed by atoms with Crippen molar-refractivity contribution in [3.63, 3.8) is 0 Å². The number of aliphatic imine (C=N–C) groups is 1. The molecule has 4 heterocycles. The summed E-state index contributed by atoms with van der Waals surface area (Å²) in [5, 5.41) is 10.4. The molecule has 1 fully saturated rings. The maximum atomic E-state index is 13.8. The molecule has 0 saturated heterocycles. The maximum absolute atomic E-state index is 13.8. The lowest BCUT2D eigenvalue weighted by atomic mass is 9.85. The van der Waals surface area contributed by atoms with Gasteiger partial charge in [0.1, 0.15) is 6.04 Å². The number of fused-ring (bicyclic) bond motifs is 1. The van der Waals surface area contributed by atoms with E-state index >= 15 is 0 Å². The predicted octanol–water partition coefficient (Wildman–Crippen LogP) is 4.43. The van der Waals surface area contributed by atoms with Gasteiger partial charge in [0.2, 0.25) is 0 Å². The number of hydrogen-bond acceptors (Lipinski definition) is 5. The third-order valence-electron chi connectivity index (χ3n) is 7.69. The van der Waals surface area contributed by atoms with Crippen molar-refractivity contribution in [2.24, 2.45) is 10.9 Å². The Hall–Kier alpha value is -4.42. The molecule has 9 nitrogen and oxygen atoms in total. The van der Waals surface area contributed by atoms with E-state index in [1.165, 1.54) is 0 Å². The van der Waals surface area contributed by atoms with Crippen molar-refractivity contribution in [3.05, 3.63) is 93.4 Å². The van der Waals surface area contributed by atoms with Gasteiger partial charge in [-0.3, -0.25) is 24.0 Å². The SMILES string of the molecule is Cc1ncc(Cl)cc1C(=O)NC1CCC(Cn2c(=O)n(C3C#CN=C(c4cn[nH]c4)C=C3)c3ccccc32)CC1. The summed E-state index contributed by atoms with van der Waals surface area (Å²) in [7, 11) is 0. The van der Waals surface area contributed by atoms with Gasteiger partial charge in [0, 0.05) is 36.6 Å². The van der Waals surface area contributed by atoms with Crippen molar-refractivity contribution in [2.75, 3.05) is 0 Å². The fourth-order valence-electron chi connectivity index (χ4n) is 5.55. The summed E-state index contributed by atoms with van der Waals surface area (Å²) >= 11 is 6.05. The summed E-state index contributed by atoms with van der Waals surface area (Å²) in [4.78, 5) is 35.2. The Morgan fingerprint density at radius 2 is 1.98 bits per heavy atom. The number of allylic oxidation sites excluding steroid dienone is 2. The Balaban J connectivity index is 1.17.